The molecule has 0 saturated heterocycles. The molecule has 0 heterocycles. The summed E-state index contributed by atoms with van der Waals surface area (Å²) >= 11 is 0. The molecule has 32 heavy (non-hydrogen) atoms. The van der Waals surface area contributed by atoms with E-state index in [1.807, 2.05) is 0 Å². The van der Waals surface area contributed by atoms with Crippen LogP contribution in [-0.4, -0.2) is 25.2 Å². The molecule has 2 rings (SSSR count). The van der Waals surface area contributed by atoms with E-state index >= 15 is 0 Å². The van der Waals surface area contributed by atoms with Gasteiger partial charge >= 0.3 is 11.9 Å². The summed E-state index contributed by atoms with van der Waals surface area (Å²) in [5.74, 6) is -0.691. The fraction of sp³-hybridized carbons (Fsp3) is 0.462. The quantitative estimate of drug-likeness (QED) is 0.207. The first kappa shape index (κ1) is 25.2. The van der Waals surface area contributed by atoms with Crippen molar-refractivity contribution in [1.29, 1.82) is 0 Å². The number of anilines is 2. The van der Waals surface area contributed by atoms with Gasteiger partial charge in [-0.25, -0.2) is 9.59 Å². The highest BCUT2D eigenvalue weighted by Crippen LogP contribution is 2.14. The molecule has 6 heteroatoms. The summed E-state index contributed by atoms with van der Waals surface area (Å²) in [5, 5.41) is 0. The Bertz CT molecular complexity index is 769. The number of unbranched alkanes of at least 4 members (excludes halogenated alkanes) is 9. The Balaban J connectivity index is 1.36. The molecule has 6 nitrogen and oxygen atoms in total. The topological polar surface area (TPSA) is 105 Å². The van der Waals surface area contributed by atoms with Gasteiger partial charge in [0.25, 0.3) is 0 Å². The smallest absolute Gasteiger partial charge is 0.340 e. The summed E-state index contributed by atoms with van der Waals surface area (Å²) in [5.41, 5.74) is 13.3. The molecular weight excluding hydrogens is 404 g/mol. The van der Waals surface area contributed by atoms with Gasteiger partial charge in [0, 0.05) is 11.4 Å². The predicted octanol–water partition coefficient (Wildman–Crippen LogP) is 5.77. The molecular formula is C26H36N2O4. The van der Waals surface area contributed by atoms with Crippen molar-refractivity contribution < 1.29 is 19.1 Å². The highest BCUT2D eigenvalue weighted by molar-refractivity contribution is 5.95. The number of hydrogen-bond acceptors (Lipinski definition) is 6. The Kier molecular flexibility index (Phi) is 11.7. The van der Waals surface area contributed by atoms with Crippen molar-refractivity contribution in [3.63, 3.8) is 0 Å². The Labute approximate surface area is 191 Å². The monoisotopic (exact) mass is 440 g/mol. The van der Waals surface area contributed by atoms with Crippen LogP contribution in [0.1, 0.15) is 84.9 Å². The molecule has 0 atom stereocenters. The van der Waals surface area contributed by atoms with Gasteiger partial charge in [-0.15, -0.1) is 0 Å². The molecule has 0 radical (unpaired) electrons. The molecule has 0 unspecified atom stereocenters. The van der Waals surface area contributed by atoms with Crippen LogP contribution in [0.15, 0.2) is 48.5 Å². The number of nitrogen functional groups attached to an aromatic ring is 2. The van der Waals surface area contributed by atoms with Crippen LogP contribution < -0.4 is 11.5 Å². The van der Waals surface area contributed by atoms with Gasteiger partial charge in [-0.3, -0.25) is 0 Å². The second kappa shape index (κ2) is 14.9. The van der Waals surface area contributed by atoms with E-state index in [1.165, 1.54) is 25.7 Å². The number of esters is 2. The summed E-state index contributed by atoms with van der Waals surface area (Å²) in [6, 6.07) is 13.9. The summed E-state index contributed by atoms with van der Waals surface area (Å²) in [6.45, 7) is 0.878. The van der Waals surface area contributed by atoms with E-state index in [-0.39, 0.29) is 11.9 Å². The van der Waals surface area contributed by atoms with E-state index in [9.17, 15) is 9.59 Å². The third kappa shape index (κ3) is 9.41. The van der Waals surface area contributed by atoms with Crippen molar-refractivity contribution >= 4 is 23.3 Å². The van der Waals surface area contributed by atoms with Gasteiger partial charge < -0.3 is 20.9 Å². The Morgan fingerprint density at radius 3 is 1.19 bits per heavy atom. The normalized spacial score (nSPS) is 10.6. The van der Waals surface area contributed by atoms with Gasteiger partial charge in [0.2, 0.25) is 0 Å². The van der Waals surface area contributed by atoms with E-state index in [0.29, 0.717) is 35.7 Å². The Hall–Kier alpha value is -3.02. The molecule has 174 valence electrons. The molecule has 0 aliphatic rings. The summed E-state index contributed by atoms with van der Waals surface area (Å²) in [7, 11) is 0. The molecule has 0 spiro atoms. The SMILES string of the molecule is Nc1ccccc1C(=O)OCCCCCCCCCCCCOC(=O)c1ccccc1N. The molecule has 0 aliphatic heterocycles. The van der Waals surface area contributed by atoms with Crippen LogP contribution in [-0.2, 0) is 9.47 Å². The lowest BCUT2D eigenvalue weighted by Gasteiger charge is -2.07. The highest BCUT2D eigenvalue weighted by atomic mass is 16.5. The zero-order valence-corrected chi connectivity index (χ0v) is 18.9. The first-order valence-electron chi connectivity index (χ1n) is 11.6. The van der Waals surface area contributed by atoms with Crippen LogP contribution in [0.25, 0.3) is 0 Å². The van der Waals surface area contributed by atoms with Crippen LogP contribution in [0, 0.1) is 0 Å². The van der Waals surface area contributed by atoms with Gasteiger partial charge in [0.05, 0.1) is 24.3 Å². The molecule has 0 amide bonds. The lowest BCUT2D eigenvalue weighted by Crippen LogP contribution is -2.09. The molecule has 2 aromatic carbocycles. The minimum atomic E-state index is -0.345. The van der Waals surface area contributed by atoms with E-state index in [4.69, 9.17) is 20.9 Å². The zero-order valence-electron chi connectivity index (χ0n) is 18.9. The number of carbonyl (C=O) groups is 2. The number of para-hydroxylation sites is 2. The molecule has 4 N–H and O–H groups in total. The number of rotatable bonds is 15. The van der Waals surface area contributed by atoms with Crippen molar-refractivity contribution in [2.45, 2.75) is 64.2 Å². The van der Waals surface area contributed by atoms with Crippen molar-refractivity contribution in [2.24, 2.45) is 0 Å². The van der Waals surface area contributed by atoms with Crippen LogP contribution in [0.3, 0.4) is 0 Å². The number of ether oxygens (including phenoxy) is 2. The van der Waals surface area contributed by atoms with Crippen molar-refractivity contribution in [2.75, 3.05) is 24.7 Å². The van der Waals surface area contributed by atoms with Gasteiger partial charge in [-0.1, -0.05) is 75.6 Å². The van der Waals surface area contributed by atoms with Crippen molar-refractivity contribution in [3.8, 4) is 0 Å². The van der Waals surface area contributed by atoms with Crippen LogP contribution in [0.2, 0.25) is 0 Å². The number of benzene rings is 2. The van der Waals surface area contributed by atoms with E-state index in [0.717, 1.165) is 38.5 Å². The predicted molar refractivity (Wildman–Crippen MR) is 128 cm³/mol. The minimum absolute atomic E-state index is 0.345. The Morgan fingerprint density at radius 1 is 0.531 bits per heavy atom. The summed E-state index contributed by atoms with van der Waals surface area (Å²) in [6.07, 6.45) is 11.1. The molecule has 0 aliphatic carbocycles. The lowest BCUT2D eigenvalue weighted by atomic mass is 10.1. The molecule has 2 aromatic rings. The van der Waals surface area contributed by atoms with E-state index in [2.05, 4.69) is 0 Å². The second-order valence-electron chi connectivity index (χ2n) is 7.98. The highest BCUT2D eigenvalue weighted by Gasteiger charge is 2.10. The molecule has 0 fully saturated rings. The van der Waals surface area contributed by atoms with Gasteiger partial charge in [-0.05, 0) is 37.1 Å². The van der Waals surface area contributed by atoms with Gasteiger partial charge in [0.15, 0.2) is 0 Å². The maximum Gasteiger partial charge on any atom is 0.340 e. The second-order valence-corrected chi connectivity index (χ2v) is 7.98. The first-order chi connectivity index (χ1) is 15.6. The Morgan fingerprint density at radius 2 is 0.844 bits per heavy atom. The van der Waals surface area contributed by atoms with Crippen molar-refractivity contribution in [1.82, 2.24) is 0 Å². The maximum absolute atomic E-state index is 11.9. The maximum atomic E-state index is 11.9. The molecule has 0 saturated carbocycles. The summed E-state index contributed by atoms with van der Waals surface area (Å²) < 4.78 is 10.6. The summed E-state index contributed by atoms with van der Waals surface area (Å²) in [4.78, 5) is 23.9. The average molecular weight is 441 g/mol. The average Bonchev–Trinajstić information content (AvgIpc) is 2.79. The number of nitrogens with two attached hydrogens (primary N) is 2. The standard InChI is InChI=1S/C26H36N2O4/c27-23-17-11-9-15-21(23)25(29)31-19-13-7-5-3-1-2-4-6-8-14-20-32-26(30)22-16-10-12-18-24(22)28/h9-12,15-18H,1-8,13-14,19-20,27-28H2. The lowest BCUT2D eigenvalue weighted by molar-refractivity contribution is 0.0489. The third-order valence-electron chi connectivity index (χ3n) is 5.37. The molecule has 0 aromatic heterocycles. The van der Waals surface area contributed by atoms with Crippen LogP contribution in [0.4, 0.5) is 11.4 Å². The number of hydrogen-bond donors (Lipinski definition) is 2. The van der Waals surface area contributed by atoms with Crippen LogP contribution >= 0.6 is 0 Å². The van der Waals surface area contributed by atoms with E-state index in [1.54, 1.807) is 48.5 Å². The van der Waals surface area contributed by atoms with Crippen molar-refractivity contribution in [3.05, 3.63) is 59.7 Å². The number of carbonyl (C=O) groups excluding carboxylic acids is 2. The van der Waals surface area contributed by atoms with Gasteiger partial charge in [-0.2, -0.15) is 0 Å². The largest absolute Gasteiger partial charge is 0.462 e. The fourth-order valence-electron chi connectivity index (χ4n) is 3.47. The van der Waals surface area contributed by atoms with E-state index < -0.39 is 0 Å². The van der Waals surface area contributed by atoms with Crippen LogP contribution in [0.5, 0.6) is 0 Å². The van der Waals surface area contributed by atoms with Gasteiger partial charge in [0.1, 0.15) is 0 Å². The fourth-order valence-corrected chi connectivity index (χ4v) is 3.47. The molecule has 0 bridgehead atoms. The zero-order chi connectivity index (χ0) is 23.0. The third-order valence-corrected chi connectivity index (χ3v) is 5.37. The minimum Gasteiger partial charge on any atom is -0.462 e. The first-order valence-corrected chi connectivity index (χ1v) is 11.6.